The number of nitrogens with zero attached hydrogens (tertiary/aromatic N) is 1. The van der Waals surface area contributed by atoms with Crippen molar-refractivity contribution in [3.05, 3.63) is 58.3 Å². The second kappa shape index (κ2) is 4.69. The molecule has 0 fully saturated rings. The fourth-order valence-corrected chi connectivity index (χ4v) is 2.70. The SMILES string of the molecule is Cc1cc(C)c(OC2Cc3ccccc3C2)nc1C. The van der Waals surface area contributed by atoms with E-state index in [1.165, 1.54) is 16.7 Å². The van der Waals surface area contributed by atoms with E-state index in [2.05, 4.69) is 49.2 Å². The van der Waals surface area contributed by atoms with E-state index in [4.69, 9.17) is 4.74 Å². The lowest BCUT2D eigenvalue weighted by atomic mass is 10.1. The van der Waals surface area contributed by atoms with Crippen LogP contribution in [0, 0.1) is 20.8 Å². The Morgan fingerprint density at radius 3 is 2.26 bits per heavy atom. The minimum atomic E-state index is 0.228. The topological polar surface area (TPSA) is 22.1 Å². The molecule has 2 heteroatoms. The predicted octanol–water partition coefficient (Wildman–Crippen LogP) is 3.55. The number of pyridine rings is 1. The molecule has 1 aromatic heterocycles. The molecule has 1 heterocycles. The molecule has 0 atom stereocenters. The number of ether oxygens (including phenoxy) is 1. The Morgan fingerprint density at radius 1 is 1.00 bits per heavy atom. The van der Waals surface area contributed by atoms with E-state index in [-0.39, 0.29) is 6.10 Å². The summed E-state index contributed by atoms with van der Waals surface area (Å²) >= 11 is 0. The molecular formula is C17H19NO. The summed E-state index contributed by atoms with van der Waals surface area (Å²) < 4.78 is 6.11. The second-order valence-electron chi connectivity index (χ2n) is 5.43. The maximum Gasteiger partial charge on any atom is 0.216 e. The van der Waals surface area contributed by atoms with Crippen LogP contribution < -0.4 is 4.74 Å². The molecule has 0 spiro atoms. The van der Waals surface area contributed by atoms with Gasteiger partial charge in [0.15, 0.2) is 0 Å². The molecule has 0 radical (unpaired) electrons. The average molecular weight is 253 g/mol. The highest BCUT2D eigenvalue weighted by molar-refractivity contribution is 5.35. The van der Waals surface area contributed by atoms with Crippen LogP contribution in [0.15, 0.2) is 30.3 Å². The smallest absolute Gasteiger partial charge is 0.216 e. The lowest BCUT2D eigenvalue weighted by molar-refractivity contribution is 0.203. The normalized spacial score (nSPS) is 14.5. The quantitative estimate of drug-likeness (QED) is 0.816. The van der Waals surface area contributed by atoms with Gasteiger partial charge in [0.2, 0.25) is 5.88 Å². The molecule has 0 aliphatic heterocycles. The molecule has 19 heavy (non-hydrogen) atoms. The molecule has 0 amide bonds. The molecule has 0 N–H and O–H groups in total. The Labute approximate surface area is 114 Å². The molecule has 0 saturated carbocycles. The third kappa shape index (κ3) is 2.35. The first kappa shape index (κ1) is 12.2. The summed E-state index contributed by atoms with van der Waals surface area (Å²) in [5, 5.41) is 0. The number of aryl methyl sites for hydroxylation is 3. The molecule has 3 rings (SSSR count). The molecule has 2 nitrogen and oxygen atoms in total. The number of fused-ring (bicyclic) bond motifs is 1. The monoisotopic (exact) mass is 253 g/mol. The van der Waals surface area contributed by atoms with E-state index in [0.29, 0.717) is 0 Å². The van der Waals surface area contributed by atoms with Crippen molar-refractivity contribution in [2.45, 2.75) is 39.7 Å². The van der Waals surface area contributed by atoms with Crippen molar-refractivity contribution in [3.63, 3.8) is 0 Å². The van der Waals surface area contributed by atoms with E-state index in [9.17, 15) is 0 Å². The number of hydrogen-bond donors (Lipinski definition) is 0. The molecule has 1 aliphatic carbocycles. The number of hydrogen-bond acceptors (Lipinski definition) is 2. The first-order valence-electron chi connectivity index (χ1n) is 6.82. The van der Waals surface area contributed by atoms with Gasteiger partial charge in [-0.05, 0) is 43.5 Å². The summed E-state index contributed by atoms with van der Waals surface area (Å²) in [5.74, 6) is 0.793. The zero-order valence-corrected chi connectivity index (χ0v) is 11.7. The van der Waals surface area contributed by atoms with Crippen molar-refractivity contribution in [1.82, 2.24) is 4.98 Å². The van der Waals surface area contributed by atoms with Crippen LogP contribution in [0.25, 0.3) is 0 Å². The standard InChI is InChI=1S/C17H19NO/c1-11-8-12(2)17(18-13(11)3)19-16-9-14-6-4-5-7-15(14)10-16/h4-8,16H,9-10H2,1-3H3. The Kier molecular flexibility index (Phi) is 3.02. The third-order valence-electron chi connectivity index (χ3n) is 3.90. The molecule has 98 valence electrons. The fraction of sp³-hybridized carbons (Fsp3) is 0.353. The lowest BCUT2D eigenvalue weighted by Crippen LogP contribution is -2.18. The zero-order valence-electron chi connectivity index (χ0n) is 11.7. The maximum atomic E-state index is 6.11. The van der Waals surface area contributed by atoms with Crippen LogP contribution in [0.1, 0.15) is 27.9 Å². The number of benzene rings is 1. The Balaban J connectivity index is 1.79. The second-order valence-corrected chi connectivity index (χ2v) is 5.43. The van der Waals surface area contributed by atoms with Gasteiger partial charge in [-0.2, -0.15) is 0 Å². The van der Waals surface area contributed by atoms with Gasteiger partial charge in [-0.25, -0.2) is 4.98 Å². The van der Waals surface area contributed by atoms with Crippen LogP contribution in [0.4, 0.5) is 0 Å². The Hall–Kier alpha value is -1.83. The summed E-state index contributed by atoms with van der Waals surface area (Å²) in [5.41, 5.74) is 6.22. The number of aromatic nitrogens is 1. The summed E-state index contributed by atoms with van der Waals surface area (Å²) in [6.07, 6.45) is 2.21. The molecule has 1 aromatic carbocycles. The Morgan fingerprint density at radius 2 is 1.63 bits per heavy atom. The van der Waals surface area contributed by atoms with Crippen molar-refractivity contribution in [2.24, 2.45) is 0 Å². The highest BCUT2D eigenvalue weighted by Gasteiger charge is 2.23. The van der Waals surface area contributed by atoms with Crippen molar-refractivity contribution in [3.8, 4) is 5.88 Å². The highest BCUT2D eigenvalue weighted by Crippen LogP contribution is 2.27. The molecule has 0 unspecified atom stereocenters. The van der Waals surface area contributed by atoms with Gasteiger partial charge in [-0.15, -0.1) is 0 Å². The number of rotatable bonds is 2. The lowest BCUT2D eigenvalue weighted by Gasteiger charge is -2.15. The van der Waals surface area contributed by atoms with Gasteiger partial charge < -0.3 is 4.74 Å². The molecule has 2 aromatic rings. The van der Waals surface area contributed by atoms with Crippen LogP contribution in [-0.4, -0.2) is 11.1 Å². The van der Waals surface area contributed by atoms with Crippen LogP contribution in [-0.2, 0) is 12.8 Å². The third-order valence-corrected chi connectivity index (χ3v) is 3.90. The van der Waals surface area contributed by atoms with Crippen molar-refractivity contribution in [2.75, 3.05) is 0 Å². The first-order valence-corrected chi connectivity index (χ1v) is 6.82. The summed E-state index contributed by atoms with van der Waals surface area (Å²) in [6, 6.07) is 10.7. The van der Waals surface area contributed by atoms with E-state index < -0.39 is 0 Å². The van der Waals surface area contributed by atoms with Crippen LogP contribution in [0.3, 0.4) is 0 Å². The van der Waals surface area contributed by atoms with Gasteiger partial charge in [0.1, 0.15) is 6.10 Å². The van der Waals surface area contributed by atoms with Crippen LogP contribution in [0.5, 0.6) is 5.88 Å². The molecule has 1 aliphatic rings. The summed E-state index contributed by atoms with van der Waals surface area (Å²) in [4.78, 5) is 4.58. The van der Waals surface area contributed by atoms with Crippen LogP contribution in [0.2, 0.25) is 0 Å². The van der Waals surface area contributed by atoms with Crippen molar-refractivity contribution >= 4 is 0 Å². The largest absolute Gasteiger partial charge is 0.473 e. The van der Waals surface area contributed by atoms with Crippen molar-refractivity contribution < 1.29 is 4.74 Å². The first-order chi connectivity index (χ1) is 9.13. The van der Waals surface area contributed by atoms with E-state index >= 15 is 0 Å². The van der Waals surface area contributed by atoms with Crippen molar-refractivity contribution in [1.29, 1.82) is 0 Å². The molecular weight excluding hydrogens is 234 g/mol. The van der Waals surface area contributed by atoms with Gasteiger partial charge in [0.05, 0.1) is 0 Å². The van der Waals surface area contributed by atoms with Gasteiger partial charge in [-0.3, -0.25) is 0 Å². The average Bonchev–Trinajstić information content (AvgIpc) is 2.78. The Bertz CT molecular complexity index is 594. The van der Waals surface area contributed by atoms with E-state index in [0.717, 1.165) is 30.0 Å². The minimum absolute atomic E-state index is 0.228. The van der Waals surface area contributed by atoms with Gasteiger partial charge in [0.25, 0.3) is 0 Å². The molecule has 0 bridgehead atoms. The zero-order chi connectivity index (χ0) is 13.4. The van der Waals surface area contributed by atoms with Gasteiger partial charge in [-0.1, -0.05) is 24.3 Å². The fourth-order valence-electron chi connectivity index (χ4n) is 2.70. The highest BCUT2D eigenvalue weighted by atomic mass is 16.5. The van der Waals surface area contributed by atoms with Gasteiger partial charge in [0, 0.05) is 24.1 Å². The van der Waals surface area contributed by atoms with Crippen LogP contribution >= 0.6 is 0 Å². The van der Waals surface area contributed by atoms with E-state index in [1.807, 2.05) is 6.92 Å². The van der Waals surface area contributed by atoms with E-state index in [1.54, 1.807) is 0 Å². The predicted molar refractivity (Wildman–Crippen MR) is 76.7 cm³/mol. The molecule has 0 saturated heterocycles. The summed E-state index contributed by atoms with van der Waals surface area (Å²) in [7, 11) is 0. The minimum Gasteiger partial charge on any atom is -0.473 e. The maximum absolute atomic E-state index is 6.11. The summed E-state index contributed by atoms with van der Waals surface area (Å²) in [6.45, 7) is 6.19. The van der Waals surface area contributed by atoms with Gasteiger partial charge >= 0.3 is 0 Å².